The number of hydrogen-bond donors (Lipinski definition) is 2. The lowest BCUT2D eigenvalue weighted by Gasteiger charge is -2.02. The fourth-order valence-corrected chi connectivity index (χ4v) is 0.645. The molecule has 4 nitrogen and oxygen atoms in total. The van der Waals surface area contributed by atoms with E-state index in [9.17, 15) is 4.79 Å². The van der Waals surface area contributed by atoms with Gasteiger partial charge in [0.25, 0.3) is 5.91 Å². The van der Waals surface area contributed by atoms with E-state index in [1.165, 1.54) is 6.92 Å². The first-order chi connectivity index (χ1) is 5.63. The van der Waals surface area contributed by atoms with Crippen LogP contribution in [0.5, 0.6) is 0 Å². The van der Waals surface area contributed by atoms with Gasteiger partial charge in [-0.15, -0.1) is 0 Å². The van der Waals surface area contributed by atoms with Crippen LogP contribution >= 0.6 is 0 Å². The molecule has 0 saturated heterocycles. The zero-order valence-corrected chi connectivity index (χ0v) is 7.35. The van der Waals surface area contributed by atoms with E-state index in [2.05, 4.69) is 5.32 Å². The summed E-state index contributed by atoms with van der Waals surface area (Å²) in [5.41, 5.74) is 5.57. The summed E-state index contributed by atoms with van der Waals surface area (Å²) in [5, 5.41) is 11.1. The van der Waals surface area contributed by atoms with E-state index >= 15 is 0 Å². The number of nitriles is 1. The standard InChI is InChI=1S/C8H13N3O/c1-3-4-11-8(12)7(5-9)6(2)10/h3-4,10H2,1-2H3,(H,11,12)/b7-6-. The molecular formula is C8H13N3O. The minimum Gasteiger partial charge on any atom is -0.401 e. The van der Waals surface area contributed by atoms with Crippen LogP contribution in [0.3, 0.4) is 0 Å². The molecule has 0 bridgehead atoms. The fourth-order valence-electron chi connectivity index (χ4n) is 0.645. The molecular weight excluding hydrogens is 154 g/mol. The van der Waals surface area contributed by atoms with Crippen LogP contribution in [0, 0.1) is 11.3 Å². The van der Waals surface area contributed by atoms with Crippen LogP contribution in [-0.2, 0) is 4.79 Å². The Morgan fingerprint density at radius 2 is 2.25 bits per heavy atom. The van der Waals surface area contributed by atoms with Crippen molar-refractivity contribution in [2.45, 2.75) is 20.3 Å². The zero-order valence-electron chi connectivity index (χ0n) is 7.35. The van der Waals surface area contributed by atoms with E-state index in [0.717, 1.165) is 6.42 Å². The number of nitrogens with zero attached hydrogens (tertiary/aromatic N) is 1. The Balaban J connectivity index is 4.28. The van der Waals surface area contributed by atoms with Gasteiger partial charge in [0.2, 0.25) is 0 Å². The topological polar surface area (TPSA) is 78.9 Å². The second-order valence-corrected chi connectivity index (χ2v) is 2.43. The SMILES string of the molecule is CCCNC(=O)/C(C#N)=C(/C)N. The normalized spacial score (nSPS) is 11.4. The first-order valence-corrected chi connectivity index (χ1v) is 3.78. The van der Waals surface area contributed by atoms with Crippen LogP contribution in [0.1, 0.15) is 20.3 Å². The average molecular weight is 167 g/mol. The molecule has 0 aromatic heterocycles. The van der Waals surface area contributed by atoms with Crippen molar-refractivity contribution in [3.63, 3.8) is 0 Å². The molecule has 0 aromatic rings. The van der Waals surface area contributed by atoms with Gasteiger partial charge in [-0.3, -0.25) is 4.79 Å². The Bertz CT molecular complexity index is 233. The number of rotatable bonds is 3. The van der Waals surface area contributed by atoms with Gasteiger partial charge in [-0.2, -0.15) is 5.26 Å². The van der Waals surface area contributed by atoms with E-state index in [-0.39, 0.29) is 17.2 Å². The van der Waals surface area contributed by atoms with Gasteiger partial charge in [0.05, 0.1) is 0 Å². The number of hydrogen-bond acceptors (Lipinski definition) is 3. The van der Waals surface area contributed by atoms with Gasteiger partial charge in [0.15, 0.2) is 0 Å². The van der Waals surface area contributed by atoms with E-state index in [4.69, 9.17) is 11.0 Å². The van der Waals surface area contributed by atoms with Gasteiger partial charge >= 0.3 is 0 Å². The minimum atomic E-state index is -0.389. The molecule has 0 spiro atoms. The van der Waals surface area contributed by atoms with Crippen molar-refractivity contribution in [1.29, 1.82) is 5.26 Å². The molecule has 0 aliphatic rings. The predicted octanol–water partition coefficient (Wildman–Crippen LogP) is 0.269. The summed E-state index contributed by atoms with van der Waals surface area (Å²) in [4.78, 5) is 11.1. The summed E-state index contributed by atoms with van der Waals surface area (Å²) in [6.07, 6.45) is 0.841. The molecule has 0 heterocycles. The maximum absolute atomic E-state index is 11.1. The van der Waals surface area contributed by atoms with Crippen LogP contribution in [-0.4, -0.2) is 12.5 Å². The molecule has 0 saturated carbocycles. The molecule has 12 heavy (non-hydrogen) atoms. The molecule has 0 atom stereocenters. The molecule has 3 N–H and O–H groups in total. The summed E-state index contributed by atoms with van der Waals surface area (Å²) in [7, 11) is 0. The van der Waals surface area contributed by atoms with E-state index in [1.54, 1.807) is 6.07 Å². The van der Waals surface area contributed by atoms with Gasteiger partial charge in [0, 0.05) is 12.2 Å². The lowest BCUT2D eigenvalue weighted by atomic mass is 10.2. The van der Waals surface area contributed by atoms with Crippen molar-refractivity contribution in [3.05, 3.63) is 11.3 Å². The molecule has 0 aliphatic heterocycles. The Kier molecular flexibility index (Phi) is 4.54. The molecule has 0 fully saturated rings. The number of carbonyl (C=O) groups excluding carboxylic acids is 1. The molecule has 66 valence electrons. The fraction of sp³-hybridized carbons (Fsp3) is 0.500. The third-order valence-corrected chi connectivity index (χ3v) is 1.27. The number of allylic oxidation sites excluding steroid dienone is 1. The summed E-state index contributed by atoms with van der Waals surface area (Å²) in [5.74, 6) is -0.389. The third kappa shape index (κ3) is 3.06. The highest BCUT2D eigenvalue weighted by Gasteiger charge is 2.09. The first kappa shape index (κ1) is 10.5. The molecule has 0 aliphatic carbocycles. The van der Waals surface area contributed by atoms with Gasteiger partial charge in [0.1, 0.15) is 11.6 Å². The Labute approximate surface area is 72.0 Å². The minimum absolute atomic E-state index is 0.00319. The summed E-state index contributed by atoms with van der Waals surface area (Å²) >= 11 is 0. The third-order valence-electron chi connectivity index (χ3n) is 1.27. The highest BCUT2D eigenvalue weighted by Crippen LogP contribution is 1.96. The number of carbonyl (C=O) groups is 1. The van der Waals surface area contributed by atoms with E-state index in [1.807, 2.05) is 6.92 Å². The van der Waals surface area contributed by atoms with Crippen molar-refractivity contribution in [1.82, 2.24) is 5.32 Å². The van der Waals surface area contributed by atoms with Crippen molar-refractivity contribution < 1.29 is 4.79 Å². The summed E-state index contributed by atoms with van der Waals surface area (Å²) in [6, 6.07) is 1.75. The summed E-state index contributed by atoms with van der Waals surface area (Å²) < 4.78 is 0. The molecule has 0 unspecified atom stereocenters. The van der Waals surface area contributed by atoms with E-state index < -0.39 is 0 Å². The molecule has 0 aromatic carbocycles. The monoisotopic (exact) mass is 167 g/mol. The predicted molar refractivity (Wildman–Crippen MR) is 45.8 cm³/mol. The number of amides is 1. The quantitative estimate of drug-likeness (QED) is 0.467. The Morgan fingerprint density at radius 3 is 2.58 bits per heavy atom. The second-order valence-electron chi connectivity index (χ2n) is 2.43. The molecule has 4 heteroatoms. The van der Waals surface area contributed by atoms with Gasteiger partial charge < -0.3 is 11.1 Å². The van der Waals surface area contributed by atoms with Crippen molar-refractivity contribution in [3.8, 4) is 6.07 Å². The van der Waals surface area contributed by atoms with Crippen LogP contribution in [0.4, 0.5) is 0 Å². The summed E-state index contributed by atoms with van der Waals surface area (Å²) in [6.45, 7) is 4.03. The molecule has 1 amide bonds. The smallest absolute Gasteiger partial charge is 0.263 e. The molecule has 0 radical (unpaired) electrons. The van der Waals surface area contributed by atoms with Crippen LogP contribution < -0.4 is 11.1 Å². The van der Waals surface area contributed by atoms with E-state index in [0.29, 0.717) is 6.54 Å². The number of nitrogens with one attached hydrogen (secondary N) is 1. The van der Waals surface area contributed by atoms with Crippen LogP contribution in [0.25, 0.3) is 0 Å². The Hall–Kier alpha value is -1.50. The first-order valence-electron chi connectivity index (χ1n) is 3.78. The maximum Gasteiger partial charge on any atom is 0.263 e. The van der Waals surface area contributed by atoms with Gasteiger partial charge in [-0.05, 0) is 13.3 Å². The van der Waals surface area contributed by atoms with Crippen LogP contribution in [0.15, 0.2) is 11.3 Å². The highest BCUT2D eigenvalue weighted by atomic mass is 16.1. The van der Waals surface area contributed by atoms with Gasteiger partial charge in [-0.1, -0.05) is 6.92 Å². The average Bonchev–Trinajstić information content (AvgIpc) is 2.01. The van der Waals surface area contributed by atoms with Gasteiger partial charge in [-0.25, -0.2) is 0 Å². The number of nitrogens with two attached hydrogens (primary N) is 1. The Morgan fingerprint density at radius 1 is 1.67 bits per heavy atom. The van der Waals surface area contributed by atoms with Crippen molar-refractivity contribution >= 4 is 5.91 Å². The highest BCUT2D eigenvalue weighted by molar-refractivity contribution is 5.97. The molecule has 0 rings (SSSR count). The van der Waals surface area contributed by atoms with Crippen molar-refractivity contribution in [2.24, 2.45) is 5.73 Å². The largest absolute Gasteiger partial charge is 0.401 e. The maximum atomic E-state index is 11.1. The van der Waals surface area contributed by atoms with Crippen molar-refractivity contribution in [2.75, 3.05) is 6.54 Å². The second kappa shape index (κ2) is 5.19. The lowest BCUT2D eigenvalue weighted by Crippen LogP contribution is -2.26. The lowest BCUT2D eigenvalue weighted by molar-refractivity contribution is -0.117. The van der Waals surface area contributed by atoms with Crippen LogP contribution in [0.2, 0.25) is 0 Å². The zero-order chi connectivity index (χ0) is 9.56.